The van der Waals surface area contributed by atoms with Gasteiger partial charge in [-0.3, -0.25) is 4.79 Å². The Labute approximate surface area is 90.8 Å². The van der Waals surface area contributed by atoms with Gasteiger partial charge in [0.1, 0.15) is 18.4 Å². The second kappa shape index (κ2) is 5.21. The monoisotopic (exact) mass is 228 g/mol. The van der Waals surface area contributed by atoms with Gasteiger partial charge in [-0.15, -0.1) is 0 Å². The van der Waals surface area contributed by atoms with Crippen LogP contribution in [0.25, 0.3) is 0 Å². The molecule has 0 radical (unpaired) electrons. The molecule has 8 heteroatoms. The fraction of sp³-hybridized carbons (Fsp3) is 0.500. The van der Waals surface area contributed by atoms with Crippen molar-refractivity contribution in [3.63, 3.8) is 0 Å². The van der Waals surface area contributed by atoms with E-state index in [2.05, 4.69) is 4.98 Å². The zero-order valence-electron chi connectivity index (χ0n) is 8.44. The van der Waals surface area contributed by atoms with Crippen LogP contribution < -0.4 is 5.73 Å². The number of nitro groups is 1. The van der Waals surface area contributed by atoms with E-state index in [9.17, 15) is 14.9 Å². The first-order valence-electron chi connectivity index (χ1n) is 4.66. The Kier molecular flexibility index (Phi) is 3.95. The lowest BCUT2D eigenvalue weighted by Crippen LogP contribution is -2.30. The summed E-state index contributed by atoms with van der Waals surface area (Å²) in [6.45, 7) is 0.331. The highest BCUT2D eigenvalue weighted by atomic mass is 16.6. The van der Waals surface area contributed by atoms with E-state index < -0.39 is 16.9 Å². The minimum Gasteiger partial charge on any atom is -0.480 e. The summed E-state index contributed by atoms with van der Waals surface area (Å²) in [5, 5.41) is 19.0. The maximum Gasteiger partial charge on any atom is 0.434 e. The maximum absolute atomic E-state index is 10.5. The van der Waals surface area contributed by atoms with Gasteiger partial charge >= 0.3 is 11.9 Å². The molecule has 0 spiro atoms. The van der Waals surface area contributed by atoms with Crippen LogP contribution in [-0.4, -0.2) is 31.6 Å². The van der Waals surface area contributed by atoms with Gasteiger partial charge in [0.15, 0.2) is 0 Å². The lowest BCUT2D eigenvalue weighted by molar-refractivity contribution is -0.396. The number of carboxylic acid groups (broad SMARTS) is 1. The van der Waals surface area contributed by atoms with E-state index in [0.717, 1.165) is 0 Å². The summed E-state index contributed by atoms with van der Waals surface area (Å²) in [6, 6.07) is -0.928. The van der Waals surface area contributed by atoms with Gasteiger partial charge < -0.3 is 21.0 Å². The summed E-state index contributed by atoms with van der Waals surface area (Å²) in [4.78, 5) is 23.9. The summed E-state index contributed by atoms with van der Waals surface area (Å²) < 4.78 is 1.36. The van der Waals surface area contributed by atoms with E-state index in [4.69, 9.17) is 10.8 Å². The Morgan fingerprint density at radius 2 is 2.44 bits per heavy atom. The average Bonchev–Trinajstić information content (AvgIpc) is 2.65. The Balaban J connectivity index is 2.46. The second-order valence-corrected chi connectivity index (χ2v) is 3.26. The van der Waals surface area contributed by atoms with E-state index >= 15 is 0 Å². The molecule has 3 N–H and O–H groups in total. The molecule has 88 valence electrons. The summed E-state index contributed by atoms with van der Waals surface area (Å²) in [7, 11) is 0. The molecule has 0 fully saturated rings. The van der Waals surface area contributed by atoms with Crippen molar-refractivity contribution in [3.8, 4) is 0 Å². The molecule has 1 aromatic rings. The number of nitrogens with two attached hydrogens (primary N) is 1. The summed E-state index contributed by atoms with van der Waals surface area (Å²) in [5.41, 5.74) is 5.30. The van der Waals surface area contributed by atoms with E-state index in [1.807, 2.05) is 0 Å². The molecule has 1 aromatic heterocycles. The molecule has 0 aliphatic carbocycles. The van der Waals surface area contributed by atoms with Crippen LogP contribution >= 0.6 is 0 Å². The molecular formula is C8H12N4O4. The number of rotatable bonds is 6. The number of aromatic nitrogens is 2. The number of nitrogens with zero attached hydrogens (tertiary/aromatic N) is 3. The standard InChI is InChI=1S/C8H12N4O4/c9-6(7(13)14)2-1-4-11-5-3-10-8(11)12(15)16/h3,5-6H,1-2,4,9H2,(H,13,14)/t6-/m1/s1. The van der Waals surface area contributed by atoms with Crippen molar-refractivity contribution in [3.05, 3.63) is 22.5 Å². The van der Waals surface area contributed by atoms with Gasteiger partial charge in [0.25, 0.3) is 0 Å². The van der Waals surface area contributed by atoms with Gasteiger partial charge in [-0.25, -0.2) is 4.57 Å². The molecule has 1 atom stereocenters. The molecule has 0 saturated heterocycles. The van der Waals surface area contributed by atoms with E-state index in [0.29, 0.717) is 13.0 Å². The Hall–Kier alpha value is -1.96. The maximum atomic E-state index is 10.5. The second-order valence-electron chi connectivity index (χ2n) is 3.26. The Bertz CT molecular complexity index is 389. The summed E-state index contributed by atoms with van der Waals surface area (Å²) >= 11 is 0. The zero-order valence-corrected chi connectivity index (χ0v) is 8.44. The molecule has 8 nitrogen and oxygen atoms in total. The van der Waals surface area contributed by atoms with Crippen LogP contribution in [0.5, 0.6) is 0 Å². The van der Waals surface area contributed by atoms with Crippen molar-refractivity contribution in [2.45, 2.75) is 25.4 Å². The number of carbonyl (C=O) groups is 1. The first-order chi connectivity index (χ1) is 7.52. The number of aryl methyl sites for hydroxylation is 1. The van der Waals surface area contributed by atoms with Crippen LogP contribution in [0.3, 0.4) is 0 Å². The lowest BCUT2D eigenvalue weighted by Gasteiger charge is -2.05. The van der Waals surface area contributed by atoms with Gasteiger partial charge in [-0.2, -0.15) is 0 Å². The van der Waals surface area contributed by atoms with Crippen molar-refractivity contribution in [2.24, 2.45) is 5.73 Å². The molecule has 0 bridgehead atoms. The third kappa shape index (κ3) is 3.02. The fourth-order valence-corrected chi connectivity index (χ4v) is 1.25. The van der Waals surface area contributed by atoms with Gasteiger partial charge in [0, 0.05) is 0 Å². The number of aliphatic carboxylic acids is 1. The predicted molar refractivity (Wildman–Crippen MR) is 53.7 cm³/mol. The van der Waals surface area contributed by atoms with Crippen LogP contribution in [0.15, 0.2) is 12.4 Å². The number of hydrogen-bond donors (Lipinski definition) is 2. The van der Waals surface area contributed by atoms with Gasteiger partial charge in [-0.05, 0) is 17.8 Å². The Morgan fingerprint density at radius 1 is 1.75 bits per heavy atom. The largest absolute Gasteiger partial charge is 0.480 e. The molecule has 0 amide bonds. The normalized spacial score (nSPS) is 12.3. The summed E-state index contributed by atoms with van der Waals surface area (Å²) in [6.07, 6.45) is 3.52. The minimum atomic E-state index is -1.07. The lowest BCUT2D eigenvalue weighted by atomic mass is 10.2. The summed E-state index contributed by atoms with van der Waals surface area (Å²) in [5.74, 6) is -1.32. The van der Waals surface area contributed by atoms with E-state index in [1.165, 1.54) is 17.0 Å². The van der Waals surface area contributed by atoms with Crippen LogP contribution in [0.4, 0.5) is 5.95 Å². The molecule has 1 rings (SSSR count). The first kappa shape index (κ1) is 12.1. The smallest absolute Gasteiger partial charge is 0.434 e. The van der Waals surface area contributed by atoms with Crippen LogP contribution in [0.1, 0.15) is 12.8 Å². The molecule has 0 saturated carbocycles. The molecule has 1 heterocycles. The third-order valence-corrected chi connectivity index (χ3v) is 2.09. The van der Waals surface area contributed by atoms with E-state index in [-0.39, 0.29) is 12.4 Å². The van der Waals surface area contributed by atoms with Crippen molar-refractivity contribution in [2.75, 3.05) is 0 Å². The number of hydrogen-bond acceptors (Lipinski definition) is 5. The molecule has 0 unspecified atom stereocenters. The molecule has 0 aliphatic rings. The van der Waals surface area contributed by atoms with Crippen molar-refractivity contribution < 1.29 is 14.8 Å². The quantitative estimate of drug-likeness (QED) is 0.520. The highest BCUT2D eigenvalue weighted by molar-refractivity contribution is 5.72. The van der Waals surface area contributed by atoms with Gasteiger partial charge in [0.05, 0.1) is 6.54 Å². The minimum absolute atomic E-state index is 0.246. The van der Waals surface area contributed by atoms with Crippen LogP contribution in [0, 0.1) is 10.1 Å². The first-order valence-corrected chi connectivity index (χ1v) is 4.66. The van der Waals surface area contributed by atoms with Crippen LogP contribution in [-0.2, 0) is 11.3 Å². The highest BCUT2D eigenvalue weighted by Gasteiger charge is 2.15. The fourth-order valence-electron chi connectivity index (χ4n) is 1.25. The van der Waals surface area contributed by atoms with Crippen molar-refractivity contribution >= 4 is 11.9 Å². The molecule has 0 aliphatic heterocycles. The van der Waals surface area contributed by atoms with Crippen molar-refractivity contribution in [1.82, 2.24) is 9.55 Å². The van der Waals surface area contributed by atoms with Gasteiger partial charge in [0.2, 0.25) is 0 Å². The molecule has 0 aromatic carbocycles. The van der Waals surface area contributed by atoms with Gasteiger partial charge in [-0.1, -0.05) is 4.98 Å². The van der Waals surface area contributed by atoms with Crippen LogP contribution in [0.2, 0.25) is 0 Å². The van der Waals surface area contributed by atoms with E-state index in [1.54, 1.807) is 0 Å². The van der Waals surface area contributed by atoms with Crippen molar-refractivity contribution in [1.29, 1.82) is 0 Å². The third-order valence-electron chi connectivity index (χ3n) is 2.09. The number of imidazole rings is 1. The topological polar surface area (TPSA) is 124 Å². The molecule has 16 heavy (non-hydrogen) atoms. The average molecular weight is 228 g/mol. The highest BCUT2D eigenvalue weighted by Crippen LogP contribution is 2.09. The number of carboxylic acids is 1. The molecular weight excluding hydrogens is 216 g/mol. The Morgan fingerprint density at radius 3 is 3.00 bits per heavy atom. The zero-order chi connectivity index (χ0) is 12.1. The SMILES string of the molecule is N[C@H](CCCn1ccnc1[N+](=O)[O-])C(=O)O. The predicted octanol–water partition coefficient (Wildman–Crippen LogP) is -0.0166.